The van der Waals surface area contributed by atoms with Gasteiger partial charge in [-0.05, 0) is 30.2 Å². The molecule has 0 radical (unpaired) electrons. The maximum atomic E-state index is 12.7. The van der Waals surface area contributed by atoms with Crippen LogP contribution in [0.1, 0.15) is 15.9 Å². The fraction of sp³-hybridized carbons (Fsp3) is 0.188. The zero-order valence-electron chi connectivity index (χ0n) is 11.3. The molecule has 2 N–H and O–H groups in total. The van der Waals surface area contributed by atoms with Crippen molar-refractivity contribution in [2.24, 2.45) is 0 Å². The van der Waals surface area contributed by atoms with Gasteiger partial charge in [0.05, 0.1) is 18.4 Å². The van der Waals surface area contributed by atoms with Crippen molar-refractivity contribution >= 4 is 17.3 Å². The van der Waals surface area contributed by atoms with Gasteiger partial charge in [-0.1, -0.05) is 24.3 Å². The molecule has 3 rings (SSSR count). The summed E-state index contributed by atoms with van der Waals surface area (Å²) < 4.78 is 5.34. The summed E-state index contributed by atoms with van der Waals surface area (Å²) in [6.07, 6.45) is 0.796. The van der Waals surface area contributed by atoms with Crippen molar-refractivity contribution in [3.63, 3.8) is 0 Å². The van der Waals surface area contributed by atoms with E-state index in [4.69, 9.17) is 10.5 Å². The van der Waals surface area contributed by atoms with Gasteiger partial charge in [-0.3, -0.25) is 4.79 Å². The predicted molar refractivity (Wildman–Crippen MR) is 79.2 cm³/mol. The SMILES string of the molecule is COc1ccccc1N1CCc2cccc(N)c2C1=O. The molecule has 0 bridgehead atoms. The number of carbonyl (C=O) groups is 1. The molecule has 4 nitrogen and oxygen atoms in total. The van der Waals surface area contributed by atoms with E-state index in [1.54, 1.807) is 18.1 Å². The minimum absolute atomic E-state index is 0.0612. The zero-order chi connectivity index (χ0) is 14.1. The zero-order valence-corrected chi connectivity index (χ0v) is 11.3. The minimum atomic E-state index is -0.0612. The van der Waals surface area contributed by atoms with E-state index in [1.165, 1.54) is 0 Å². The molecule has 0 unspecified atom stereocenters. The summed E-state index contributed by atoms with van der Waals surface area (Å²) in [6.45, 7) is 0.635. The van der Waals surface area contributed by atoms with Crippen LogP contribution in [0.2, 0.25) is 0 Å². The number of fused-ring (bicyclic) bond motifs is 1. The first-order valence-electron chi connectivity index (χ1n) is 6.54. The van der Waals surface area contributed by atoms with Crippen LogP contribution in [0.15, 0.2) is 42.5 Å². The van der Waals surface area contributed by atoms with Gasteiger partial charge in [-0.25, -0.2) is 0 Å². The fourth-order valence-electron chi connectivity index (χ4n) is 2.64. The minimum Gasteiger partial charge on any atom is -0.495 e. The molecule has 2 aromatic carbocycles. The lowest BCUT2D eigenvalue weighted by Crippen LogP contribution is -2.38. The smallest absolute Gasteiger partial charge is 0.260 e. The number of nitrogen functional groups attached to an aromatic ring is 1. The highest BCUT2D eigenvalue weighted by atomic mass is 16.5. The van der Waals surface area contributed by atoms with Gasteiger partial charge < -0.3 is 15.4 Å². The molecule has 0 saturated heterocycles. The van der Waals surface area contributed by atoms with Gasteiger partial charge >= 0.3 is 0 Å². The summed E-state index contributed by atoms with van der Waals surface area (Å²) in [6, 6.07) is 13.1. The molecule has 0 fully saturated rings. The van der Waals surface area contributed by atoms with Crippen LogP contribution in [-0.2, 0) is 6.42 Å². The Morgan fingerprint density at radius 3 is 2.75 bits per heavy atom. The fourth-order valence-corrected chi connectivity index (χ4v) is 2.64. The molecule has 1 heterocycles. The third kappa shape index (κ3) is 1.90. The standard InChI is InChI=1S/C16H16N2O2/c1-20-14-8-3-2-7-13(14)18-10-9-11-5-4-6-12(17)15(11)16(18)19/h2-8H,9-10,17H2,1H3. The number of carbonyl (C=O) groups excluding carboxylic acids is 1. The van der Waals surface area contributed by atoms with Gasteiger partial charge in [-0.15, -0.1) is 0 Å². The van der Waals surface area contributed by atoms with Crippen LogP contribution in [0.5, 0.6) is 5.75 Å². The number of nitrogens with two attached hydrogens (primary N) is 1. The normalized spacial score (nSPS) is 14.1. The summed E-state index contributed by atoms with van der Waals surface area (Å²) in [5, 5.41) is 0. The molecule has 102 valence electrons. The first-order valence-corrected chi connectivity index (χ1v) is 6.54. The highest BCUT2D eigenvalue weighted by Crippen LogP contribution is 2.33. The van der Waals surface area contributed by atoms with Crippen molar-refractivity contribution in [2.75, 3.05) is 24.3 Å². The average Bonchev–Trinajstić information content (AvgIpc) is 2.48. The number of rotatable bonds is 2. The van der Waals surface area contributed by atoms with E-state index in [0.717, 1.165) is 17.7 Å². The largest absolute Gasteiger partial charge is 0.495 e. The molecule has 0 aromatic heterocycles. The number of anilines is 2. The Balaban J connectivity index is 2.06. The Labute approximate surface area is 117 Å². The topological polar surface area (TPSA) is 55.6 Å². The van der Waals surface area contributed by atoms with E-state index >= 15 is 0 Å². The lowest BCUT2D eigenvalue weighted by molar-refractivity contribution is 0.0981. The van der Waals surface area contributed by atoms with Gasteiger partial charge in [0.2, 0.25) is 0 Å². The molecule has 2 aromatic rings. The van der Waals surface area contributed by atoms with Crippen LogP contribution in [0.25, 0.3) is 0 Å². The molecule has 1 aliphatic rings. The van der Waals surface area contributed by atoms with E-state index in [2.05, 4.69) is 0 Å². The average molecular weight is 268 g/mol. The first kappa shape index (κ1) is 12.5. The summed E-state index contributed by atoms with van der Waals surface area (Å²) >= 11 is 0. The molecule has 0 atom stereocenters. The second-order valence-corrected chi connectivity index (χ2v) is 4.76. The van der Waals surface area contributed by atoms with Gasteiger partial charge in [-0.2, -0.15) is 0 Å². The Morgan fingerprint density at radius 1 is 1.15 bits per heavy atom. The lowest BCUT2D eigenvalue weighted by Gasteiger charge is -2.30. The second-order valence-electron chi connectivity index (χ2n) is 4.76. The summed E-state index contributed by atoms with van der Waals surface area (Å²) in [4.78, 5) is 14.4. The number of benzene rings is 2. The monoisotopic (exact) mass is 268 g/mol. The number of hydrogen-bond acceptors (Lipinski definition) is 3. The lowest BCUT2D eigenvalue weighted by atomic mass is 9.97. The maximum Gasteiger partial charge on any atom is 0.260 e. The van der Waals surface area contributed by atoms with Crippen LogP contribution >= 0.6 is 0 Å². The Morgan fingerprint density at radius 2 is 1.95 bits per heavy atom. The Kier molecular flexibility index (Phi) is 3.06. The predicted octanol–water partition coefficient (Wildman–Crippen LogP) is 2.48. The number of nitrogens with zero attached hydrogens (tertiary/aromatic N) is 1. The quantitative estimate of drug-likeness (QED) is 0.851. The number of para-hydroxylation sites is 2. The summed E-state index contributed by atoms with van der Waals surface area (Å²) in [7, 11) is 1.61. The van der Waals surface area contributed by atoms with Crippen molar-refractivity contribution in [1.29, 1.82) is 0 Å². The first-order chi connectivity index (χ1) is 9.72. The highest BCUT2D eigenvalue weighted by molar-refractivity contribution is 6.12. The number of hydrogen-bond donors (Lipinski definition) is 1. The van der Waals surface area contributed by atoms with Gasteiger partial charge in [0.25, 0.3) is 5.91 Å². The number of amides is 1. The second kappa shape index (κ2) is 4.89. The highest BCUT2D eigenvalue weighted by Gasteiger charge is 2.28. The third-order valence-electron chi connectivity index (χ3n) is 3.62. The molecule has 4 heteroatoms. The third-order valence-corrected chi connectivity index (χ3v) is 3.62. The van der Waals surface area contributed by atoms with E-state index < -0.39 is 0 Å². The molecule has 0 spiro atoms. The summed E-state index contributed by atoms with van der Waals surface area (Å²) in [5.41, 5.74) is 8.91. The number of methoxy groups -OCH3 is 1. The van der Waals surface area contributed by atoms with Crippen molar-refractivity contribution in [3.05, 3.63) is 53.6 Å². The summed E-state index contributed by atoms with van der Waals surface area (Å²) in [5.74, 6) is 0.632. The molecular formula is C16H16N2O2. The molecular weight excluding hydrogens is 252 g/mol. The molecule has 20 heavy (non-hydrogen) atoms. The van der Waals surface area contributed by atoms with Crippen molar-refractivity contribution in [3.8, 4) is 5.75 Å². The maximum absolute atomic E-state index is 12.7. The van der Waals surface area contributed by atoms with E-state index in [9.17, 15) is 4.79 Å². The van der Waals surface area contributed by atoms with Crippen molar-refractivity contribution < 1.29 is 9.53 Å². The van der Waals surface area contributed by atoms with Crippen molar-refractivity contribution in [1.82, 2.24) is 0 Å². The Hall–Kier alpha value is -2.49. The van der Waals surface area contributed by atoms with E-state index in [1.807, 2.05) is 36.4 Å². The van der Waals surface area contributed by atoms with Crippen LogP contribution in [0.4, 0.5) is 11.4 Å². The van der Waals surface area contributed by atoms with Gasteiger partial charge in [0.1, 0.15) is 5.75 Å². The Bertz CT molecular complexity index is 667. The molecule has 0 aliphatic carbocycles. The molecule has 0 saturated carbocycles. The van der Waals surface area contributed by atoms with E-state index in [-0.39, 0.29) is 5.91 Å². The van der Waals surface area contributed by atoms with Gasteiger partial charge in [0.15, 0.2) is 0 Å². The van der Waals surface area contributed by atoms with E-state index in [0.29, 0.717) is 23.5 Å². The van der Waals surface area contributed by atoms with Crippen molar-refractivity contribution in [2.45, 2.75) is 6.42 Å². The molecule has 1 amide bonds. The van der Waals surface area contributed by atoms with Crippen LogP contribution in [0, 0.1) is 0 Å². The van der Waals surface area contributed by atoms with Crippen LogP contribution in [-0.4, -0.2) is 19.6 Å². The van der Waals surface area contributed by atoms with Crippen LogP contribution in [0.3, 0.4) is 0 Å². The number of ether oxygens (including phenoxy) is 1. The molecule has 1 aliphatic heterocycles. The van der Waals surface area contributed by atoms with Crippen LogP contribution < -0.4 is 15.4 Å². The van der Waals surface area contributed by atoms with Gasteiger partial charge in [0, 0.05) is 12.2 Å².